The maximum atomic E-state index is 11.0. The van der Waals surface area contributed by atoms with Crippen molar-refractivity contribution in [2.75, 3.05) is 0 Å². The summed E-state index contributed by atoms with van der Waals surface area (Å²) in [6, 6.07) is 1.88. The van der Waals surface area contributed by atoms with Gasteiger partial charge in [0, 0.05) is 0 Å². The summed E-state index contributed by atoms with van der Waals surface area (Å²) in [5.41, 5.74) is 0. The Morgan fingerprint density at radius 1 is 1.64 bits per heavy atom. The highest BCUT2D eigenvalue weighted by Crippen LogP contribution is 2.04. The molecule has 3 nitrogen and oxygen atoms in total. The van der Waals surface area contributed by atoms with E-state index in [1.807, 2.05) is 6.07 Å². The van der Waals surface area contributed by atoms with Crippen molar-refractivity contribution in [1.29, 1.82) is 5.26 Å². The van der Waals surface area contributed by atoms with E-state index in [9.17, 15) is 4.79 Å². The molecule has 0 bridgehead atoms. The standard InChI is InChI=1S/C8H13NO2/c1-4-7(5-9)8(10)11-6(2)3/h6-7H,4H2,1-3H3. The number of ether oxygens (including phenoxy) is 1. The number of carbonyl (C=O) groups is 1. The molecule has 0 amide bonds. The van der Waals surface area contributed by atoms with Crippen LogP contribution in [-0.2, 0) is 9.53 Å². The second-order valence-electron chi connectivity index (χ2n) is 2.58. The summed E-state index contributed by atoms with van der Waals surface area (Å²) in [4.78, 5) is 11.0. The number of rotatable bonds is 3. The van der Waals surface area contributed by atoms with Gasteiger partial charge in [0.2, 0.25) is 0 Å². The van der Waals surface area contributed by atoms with Crippen LogP contribution in [0.25, 0.3) is 0 Å². The van der Waals surface area contributed by atoms with Gasteiger partial charge in [0.05, 0.1) is 12.2 Å². The van der Waals surface area contributed by atoms with Crippen LogP contribution in [0.3, 0.4) is 0 Å². The third kappa shape index (κ3) is 3.61. The monoisotopic (exact) mass is 155 g/mol. The predicted molar refractivity (Wildman–Crippen MR) is 40.6 cm³/mol. The summed E-state index contributed by atoms with van der Waals surface area (Å²) < 4.78 is 4.83. The van der Waals surface area contributed by atoms with Crippen LogP contribution < -0.4 is 0 Å². The molecule has 1 atom stereocenters. The van der Waals surface area contributed by atoms with E-state index in [0.29, 0.717) is 6.42 Å². The van der Waals surface area contributed by atoms with Crippen molar-refractivity contribution in [2.24, 2.45) is 5.92 Å². The van der Waals surface area contributed by atoms with Gasteiger partial charge in [-0.05, 0) is 20.3 Å². The molecule has 11 heavy (non-hydrogen) atoms. The lowest BCUT2D eigenvalue weighted by molar-refractivity contribution is -0.150. The lowest BCUT2D eigenvalue weighted by Gasteiger charge is -2.09. The van der Waals surface area contributed by atoms with Crippen molar-refractivity contribution < 1.29 is 9.53 Å². The molecule has 0 aromatic heterocycles. The van der Waals surface area contributed by atoms with E-state index in [1.165, 1.54) is 0 Å². The largest absolute Gasteiger partial charge is 0.462 e. The third-order valence-corrected chi connectivity index (χ3v) is 1.20. The van der Waals surface area contributed by atoms with Gasteiger partial charge in [-0.2, -0.15) is 5.26 Å². The van der Waals surface area contributed by atoms with Gasteiger partial charge in [-0.3, -0.25) is 4.79 Å². The van der Waals surface area contributed by atoms with E-state index in [-0.39, 0.29) is 6.10 Å². The molecule has 0 aliphatic heterocycles. The van der Waals surface area contributed by atoms with E-state index in [4.69, 9.17) is 10.00 Å². The van der Waals surface area contributed by atoms with Gasteiger partial charge < -0.3 is 4.74 Å². The second kappa shape index (κ2) is 4.73. The van der Waals surface area contributed by atoms with Gasteiger partial charge in [-0.15, -0.1) is 0 Å². The minimum atomic E-state index is -0.600. The molecular weight excluding hydrogens is 142 g/mol. The molecule has 0 saturated heterocycles. The quantitative estimate of drug-likeness (QED) is 0.580. The van der Waals surface area contributed by atoms with E-state index in [0.717, 1.165) is 0 Å². The van der Waals surface area contributed by atoms with Gasteiger partial charge in [-0.1, -0.05) is 6.92 Å². The van der Waals surface area contributed by atoms with Crippen LogP contribution in [0.5, 0.6) is 0 Å². The zero-order chi connectivity index (χ0) is 8.85. The molecule has 0 heterocycles. The first-order chi connectivity index (χ1) is 5.11. The van der Waals surface area contributed by atoms with E-state index >= 15 is 0 Å². The van der Waals surface area contributed by atoms with Crippen LogP contribution in [0.1, 0.15) is 27.2 Å². The number of hydrogen-bond acceptors (Lipinski definition) is 3. The molecule has 0 radical (unpaired) electrons. The van der Waals surface area contributed by atoms with Crippen molar-refractivity contribution in [3.05, 3.63) is 0 Å². The molecule has 0 aliphatic rings. The fourth-order valence-corrected chi connectivity index (χ4v) is 0.625. The van der Waals surface area contributed by atoms with Gasteiger partial charge in [0.15, 0.2) is 0 Å². The normalized spacial score (nSPS) is 12.3. The van der Waals surface area contributed by atoms with Crippen molar-refractivity contribution in [3.63, 3.8) is 0 Å². The number of carbonyl (C=O) groups excluding carboxylic acids is 1. The van der Waals surface area contributed by atoms with Crippen LogP contribution in [0.4, 0.5) is 0 Å². The van der Waals surface area contributed by atoms with Crippen LogP contribution >= 0.6 is 0 Å². The summed E-state index contributed by atoms with van der Waals surface area (Å²) in [6.07, 6.45) is 0.382. The number of hydrogen-bond donors (Lipinski definition) is 0. The molecule has 0 aromatic carbocycles. The van der Waals surface area contributed by atoms with Gasteiger partial charge in [0.25, 0.3) is 0 Å². The first kappa shape index (κ1) is 9.96. The van der Waals surface area contributed by atoms with Crippen molar-refractivity contribution in [1.82, 2.24) is 0 Å². The molecule has 3 heteroatoms. The molecule has 1 unspecified atom stereocenters. The lowest BCUT2D eigenvalue weighted by Crippen LogP contribution is -2.19. The van der Waals surface area contributed by atoms with Gasteiger partial charge >= 0.3 is 5.97 Å². The van der Waals surface area contributed by atoms with Crippen molar-refractivity contribution >= 4 is 5.97 Å². The molecular formula is C8H13NO2. The van der Waals surface area contributed by atoms with Crippen molar-refractivity contribution in [2.45, 2.75) is 33.3 Å². The molecule has 0 aromatic rings. The highest BCUT2D eigenvalue weighted by Gasteiger charge is 2.17. The molecule has 0 aliphatic carbocycles. The van der Waals surface area contributed by atoms with Gasteiger partial charge in [0.1, 0.15) is 5.92 Å². The molecule has 0 saturated carbocycles. The average Bonchev–Trinajstić information content (AvgIpc) is 1.88. The Kier molecular flexibility index (Phi) is 4.28. The van der Waals surface area contributed by atoms with Crippen LogP contribution in [0.15, 0.2) is 0 Å². The SMILES string of the molecule is CCC(C#N)C(=O)OC(C)C. The number of nitrogens with zero attached hydrogens (tertiary/aromatic N) is 1. The Hall–Kier alpha value is -1.04. The zero-order valence-corrected chi connectivity index (χ0v) is 7.13. The first-order valence-corrected chi connectivity index (χ1v) is 3.71. The molecule has 62 valence electrons. The Morgan fingerprint density at radius 2 is 2.18 bits per heavy atom. The minimum Gasteiger partial charge on any atom is -0.462 e. The maximum absolute atomic E-state index is 11.0. The fourth-order valence-electron chi connectivity index (χ4n) is 0.625. The average molecular weight is 155 g/mol. The molecule has 0 N–H and O–H groups in total. The third-order valence-electron chi connectivity index (χ3n) is 1.20. The fraction of sp³-hybridized carbons (Fsp3) is 0.750. The number of nitriles is 1. The topological polar surface area (TPSA) is 50.1 Å². The molecule has 0 fully saturated rings. The van der Waals surface area contributed by atoms with E-state index in [2.05, 4.69) is 0 Å². The number of esters is 1. The molecule has 0 rings (SSSR count). The summed E-state index contributed by atoms with van der Waals surface area (Å²) in [5.74, 6) is -1.01. The zero-order valence-electron chi connectivity index (χ0n) is 7.13. The highest BCUT2D eigenvalue weighted by molar-refractivity contribution is 5.75. The molecule has 0 spiro atoms. The lowest BCUT2D eigenvalue weighted by atomic mass is 10.1. The van der Waals surface area contributed by atoms with Crippen LogP contribution in [-0.4, -0.2) is 12.1 Å². The second-order valence-corrected chi connectivity index (χ2v) is 2.58. The summed E-state index contributed by atoms with van der Waals surface area (Å²) in [5, 5.41) is 8.46. The Morgan fingerprint density at radius 3 is 2.45 bits per heavy atom. The maximum Gasteiger partial charge on any atom is 0.323 e. The Balaban J connectivity index is 3.92. The smallest absolute Gasteiger partial charge is 0.323 e. The minimum absolute atomic E-state index is 0.134. The summed E-state index contributed by atoms with van der Waals surface area (Å²) in [7, 11) is 0. The van der Waals surface area contributed by atoms with E-state index < -0.39 is 11.9 Å². The predicted octanol–water partition coefficient (Wildman–Crippen LogP) is 1.49. The summed E-state index contributed by atoms with van der Waals surface area (Å²) >= 11 is 0. The highest BCUT2D eigenvalue weighted by atomic mass is 16.5. The van der Waals surface area contributed by atoms with Crippen molar-refractivity contribution in [3.8, 4) is 6.07 Å². The van der Waals surface area contributed by atoms with E-state index in [1.54, 1.807) is 20.8 Å². The van der Waals surface area contributed by atoms with Gasteiger partial charge in [-0.25, -0.2) is 0 Å². The van der Waals surface area contributed by atoms with Crippen LogP contribution in [0.2, 0.25) is 0 Å². The summed E-state index contributed by atoms with van der Waals surface area (Å²) in [6.45, 7) is 5.32. The van der Waals surface area contributed by atoms with Crippen LogP contribution in [0, 0.1) is 17.2 Å². The first-order valence-electron chi connectivity index (χ1n) is 3.71. The Labute approximate surface area is 67.0 Å². The Bertz CT molecular complexity index is 169.